The summed E-state index contributed by atoms with van der Waals surface area (Å²) in [7, 11) is 1.62. The van der Waals surface area contributed by atoms with Gasteiger partial charge in [0.2, 0.25) is 0 Å². The van der Waals surface area contributed by atoms with Crippen LogP contribution in [0.2, 0.25) is 0 Å². The number of benzene rings is 1. The molecule has 6 nitrogen and oxygen atoms in total. The standard InChI is InChI=1S/C16H22N4O2/c1-12(2)7-8-20-11-15(18-19-20)16(21)17-10-13-5-4-6-14(9-13)22-3/h4-6,9,11-12H,7-8,10H2,1-3H3,(H,17,21). The molecule has 1 amide bonds. The van der Waals surface area contributed by atoms with Crippen molar-refractivity contribution in [3.8, 4) is 5.75 Å². The number of aromatic nitrogens is 3. The highest BCUT2D eigenvalue weighted by Gasteiger charge is 2.10. The van der Waals surface area contributed by atoms with Gasteiger partial charge in [0.15, 0.2) is 5.69 Å². The Morgan fingerprint density at radius 2 is 2.23 bits per heavy atom. The van der Waals surface area contributed by atoms with Crippen LogP contribution in [-0.2, 0) is 13.1 Å². The van der Waals surface area contributed by atoms with Gasteiger partial charge in [0.25, 0.3) is 5.91 Å². The average Bonchev–Trinajstić information content (AvgIpc) is 3.00. The van der Waals surface area contributed by atoms with E-state index in [2.05, 4.69) is 29.5 Å². The molecule has 1 aromatic carbocycles. The van der Waals surface area contributed by atoms with Crippen LogP contribution in [0.3, 0.4) is 0 Å². The molecular weight excluding hydrogens is 280 g/mol. The van der Waals surface area contributed by atoms with E-state index in [1.807, 2.05) is 24.3 Å². The first-order valence-corrected chi connectivity index (χ1v) is 7.39. The lowest BCUT2D eigenvalue weighted by Crippen LogP contribution is -2.23. The Balaban J connectivity index is 1.89. The van der Waals surface area contributed by atoms with Crippen LogP contribution in [0.15, 0.2) is 30.5 Å². The van der Waals surface area contributed by atoms with Crippen LogP contribution < -0.4 is 10.1 Å². The predicted octanol–water partition coefficient (Wildman–Crippen LogP) is 2.26. The highest BCUT2D eigenvalue weighted by molar-refractivity contribution is 5.91. The third-order valence-electron chi connectivity index (χ3n) is 3.29. The minimum Gasteiger partial charge on any atom is -0.497 e. The van der Waals surface area contributed by atoms with Crippen molar-refractivity contribution in [1.82, 2.24) is 20.3 Å². The van der Waals surface area contributed by atoms with Crippen LogP contribution in [0, 0.1) is 5.92 Å². The van der Waals surface area contributed by atoms with E-state index in [9.17, 15) is 4.79 Å². The summed E-state index contributed by atoms with van der Waals surface area (Å²) in [5.41, 5.74) is 1.31. The molecule has 0 bridgehead atoms. The normalized spacial score (nSPS) is 10.7. The second kappa shape index (κ2) is 7.59. The maximum atomic E-state index is 12.1. The van der Waals surface area contributed by atoms with Gasteiger partial charge in [-0.3, -0.25) is 9.48 Å². The van der Waals surface area contributed by atoms with Crippen molar-refractivity contribution in [2.45, 2.75) is 33.4 Å². The number of methoxy groups -OCH3 is 1. The molecule has 0 fully saturated rings. The van der Waals surface area contributed by atoms with Crippen molar-refractivity contribution < 1.29 is 9.53 Å². The molecule has 0 atom stereocenters. The fraction of sp³-hybridized carbons (Fsp3) is 0.438. The number of carbonyl (C=O) groups excluding carboxylic acids is 1. The van der Waals surface area contributed by atoms with E-state index >= 15 is 0 Å². The number of rotatable bonds is 7. The molecule has 1 aromatic heterocycles. The van der Waals surface area contributed by atoms with Gasteiger partial charge < -0.3 is 10.1 Å². The Hall–Kier alpha value is -2.37. The molecule has 1 heterocycles. The Morgan fingerprint density at radius 1 is 1.41 bits per heavy atom. The van der Waals surface area contributed by atoms with E-state index in [1.54, 1.807) is 18.0 Å². The first kappa shape index (κ1) is 16.0. The van der Waals surface area contributed by atoms with Gasteiger partial charge >= 0.3 is 0 Å². The molecule has 0 radical (unpaired) electrons. The largest absolute Gasteiger partial charge is 0.497 e. The number of hydrogen-bond acceptors (Lipinski definition) is 4. The lowest BCUT2D eigenvalue weighted by Gasteiger charge is -2.05. The van der Waals surface area contributed by atoms with Crippen LogP contribution in [0.1, 0.15) is 36.3 Å². The third kappa shape index (κ3) is 4.58. The summed E-state index contributed by atoms with van der Waals surface area (Å²) in [5.74, 6) is 1.14. The highest BCUT2D eigenvalue weighted by Crippen LogP contribution is 2.12. The Labute approximate surface area is 130 Å². The minimum absolute atomic E-state index is 0.224. The van der Waals surface area contributed by atoms with Gasteiger partial charge in [0, 0.05) is 13.1 Å². The van der Waals surface area contributed by atoms with Crippen LogP contribution >= 0.6 is 0 Å². The van der Waals surface area contributed by atoms with E-state index in [4.69, 9.17) is 4.74 Å². The number of nitrogens with one attached hydrogen (secondary N) is 1. The van der Waals surface area contributed by atoms with Crippen molar-refractivity contribution in [1.29, 1.82) is 0 Å². The van der Waals surface area contributed by atoms with Gasteiger partial charge in [-0.1, -0.05) is 31.2 Å². The Bertz CT molecular complexity index is 622. The summed E-state index contributed by atoms with van der Waals surface area (Å²) in [6.45, 7) is 5.50. The van der Waals surface area contributed by atoms with Crippen LogP contribution in [0.5, 0.6) is 5.75 Å². The minimum atomic E-state index is -0.224. The molecular formula is C16H22N4O2. The molecule has 0 aliphatic carbocycles. The molecule has 0 unspecified atom stereocenters. The lowest BCUT2D eigenvalue weighted by atomic mass is 10.1. The Morgan fingerprint density at radius 3 is 2.95 bits per heavy atom. The van der Waals surface area contributed by atoms with Crippen LogP contribution in [0.25, 0.3) is 0 Å². The predicted molar refractivity (Wildman–Crippen MR) is 83.6 cm³/mol. The molecule has 0 saturated heterocycles. The van der Waals surface area contributed by atoms with E-state index in [-0.39, 0.29) is 5.91 Å². The number of carbonyl (C=O) groups is 1. The number of amides is 1. The average molecular weight is 302 g/mol. The van der Waals surface area contributed by atoms with Crippen LogP contribution in [0.4, 0.5) is 0 Å². The number of hydrogen-bond donors (Lipinski definition) is 1. The monoisotopic (exact) mass is 302 g/mol. The summed E-state index contributed by atoms with van der Waals surface area (Å²) in [6.07, 6.45) is 2.69. The lowest BCUT2D eigenvalue weighted by molar-refractivity contribution is 0.0945. The zero-order valence-electron chi connectivity index (χ0n) is 13.2. The summed E-state index contributed by atoms with van der Waals surface area (Å²) < 4.78 is 6.87. The SMILES string of the molecule is COc1cccc(CNC(=O)c2cn(CCC(C)C)nn2)c1. The fourth-order valence-corrected chi connectivity index (χ4v) is 1.96. The highest BCUT2D eigenvalue weighted by atomic mass is 16.5. The van der Waals surface area contributed by atoms with Gasteiger partial charge in [0.05, 0.1) is 13.3 Å². The second-order valence-corrected chi connectivity index (χ2v) is 5.58. The molecule has 2 rings (SSSR count). The number of ether oxygens (including phenoxy) is 1. The van der Waals surface area contributed by atoms with E-state index in [1.165, 1.54) is 0 Å². The summed E-state index contributed by atoms with van der Waals surface area (Å²) >= 11 is 0. The molecule has 0 saturated carbocycles. The molecule has 22 heavy (non-hydrogen) atoms. The zero-order chi connectivity index (χ0) is 15.9. The molecule has 0 spiro atoms. The van der Waals surface area contributed by atoms with Crippen LogP contribution in [-0.4, -0.2) is 28.0 Å². The smallest absolute Gasteiger partial charge is 0.273 e. The van der Waals surface area contributed by atoms with Gasteiger partial charge in [0.1, 0.15) is 5.75 Å². The second-order valence-electron chi connectivity index (χ2n) is 5.58. The molecule has 6 heteroatoms. The van der Waals surface area contributed by atoms with Crippen molar-refractivity contribution in [2.24, 2.45) is 5.92 Å². The first-order valence-electron chi connectivity index (χ1n) is 7.39. The van der Waals surface area contributed by atoms with E-state index in [0.717, 1.165) is 24.3 Å². The van der Waals surface area contributed by atoms with Crippen molar-refractivity contribution in [3.05, 3.63) is 41.7 Å². The zero-order valence-corrected chi connectivity index (χ0v) is 13.2. The third-order valence-corrected chi connectivity index (χ3v) is 3.29. The van der Waals surface area contributed by atoms with E-state index < -0.39 is 0 Å². The molecule has 1 N–H and O–H groups in total. The maximum Gasteiger partial charge on any atom is 0.273 e. The van der Waals surface area contributed by atoms with Gasteiger partial charge in [-0.25, -0.2) is 0 Å². The van der Waals surface area contributed by atoms with Gasteiger partial charge in [-0.2, -0.15) is 0 Å². The summed E-state index contributed by atoms with van der Waals surface area (Å²) in [5, 5.41) is 10.7. The quantitative estimate of drug-likeness (QED) is 0.852. The summed E-state index contributed by atoms with van der Waals surface area (Å²) in [6, 6.07) is 7.58. The van der Waals surface area contributed by atoms with Gasteiger partial charge in [-0.05, 0) is 30.0 Å². The van der Waals surface area contributed by atoms with Crippen molar-refractivity contribution in [3.63, 3.8) is 0 Å². The van der Waals surface area contributed by atoms with Crippen molar-refractivity contribution >= 4 is 5.91 Å². The Kier molecular flexibility index (Phi) is 5.52. The number of nitrogens with zero attached hydrogens (tertiary/aromatic N) is 3. The molecule has 2 aromatic rings. The summed E-state index contributed by atoms with van der Waals surface area (Å²) in [4.78, 5) is 12.1. The molecule has 118 valence electrons. The fourth-order valence-electron chi connectivity index (χ4n) is 1.96. The van der Waals surface area contributed by atoms with Crippen molar-refractivity contribution in [2.75, 3.05) is 7.11 Å². The molecule has 0 aliphatic heterocycles. The maximum absolute atomic E-state index is 12.1. The first-order chi connectivity index (χ1) is 10.6. The molecule has 0 aliphatic rings. The number of aryl methyl sites for hydroxylation is 1. The van der Waals surface area contributed by atoms with Gasteiger partial charge in [-0.15, -0.1) is 5.10 Å². The van der Waals surface area contributed by atoms with E-state index in [0.29, 0.717) is 18.2 Å². The topological polar surface area (TPSA) is 69.0 Å².